The van der Waals surface area contributed by atoms with Crippen LogP contribution in [0.2, 0.25) is 5.15 Å². The van der Waals surface area contributed by atoms with Gasteiger partial charge in [-0.05, 0) is 6.42 Å². The number of halogens is 1. The number of hydrogen-bond acceptors (Lipinski definition) is 5. The van der Waals surface area contributed by atoms with E-state index in [2.05, 4.69) is 43.4 Å². The van der Waals surface area contributed by atoms with Crippen LogP contribution in [0.15, 0.2) is 0 Å². The fourth-order valence-electron chi connectivity index (χ4n) is 2.11. The summed E-state index contributed by atoms with van der Waals surface area (Å²) in [7, 11) is 6.34. The number of aromatic nitrogens is 2. The SMILES string of the molecule is CCCC[C@@H](CNC(=O)c1nc(Cl)c(N)nc1N)[N+](C)(C)C. The van der Waals surface area contributed by atoms with Crippen molar-refractivity contribution in [1.29, 1.82) is 0 Å². The highest BCUT2D eigenvalue weighted by atomic mass is 35.5. The molecule has 0 aromatic carbocycles. The molecule has 0 aliphatic carbocycles. The Morgan fingerprint density at radius 2 is 1.91 bits per heavy atom. The number of amides is 1. The summed E-state index contributed by atoms with van der Waals surface area (Å²) in [6, 6.07) is 0.308. The minimum atomic E-state index is -0.387. The molecule has 0 aliphatic rings. The van der Waals surface area contributed by atoms with E-state index in [0.29, 0.717) is 12.6 Å². The molecule has 8 heteroatoms. The van der Waals surface area contributed by atoms with Crippen molar-refractivity contribution in [2.75, 3.05) is 39.2 Å². The van der Waals surface area contributed by atoms with Crippen LogP contribution in [-0.4, -0.2) is 54.1 Å². The number of nitrogens with two attached hydrogens (primary N) is 2. The number of rotatable bonds is 7. The van der Waals surface area contributed by atoms with E-state index in [9.17, 15) is 4.79 Å². The van der Waals surface area contributed by atoms with Crippen molar-refractivity contribution in [3.05, 3.63) is 10.8 Å². The molecule has 0 aliphatic heterocycles. The maximum atomic E-state index is 12.2. The molecule has 1 aromatic heterocycles. The summed E-state index contributed by atoms with van der Waals surface area (Å²) in [6.45, 7) is 2.68. The molecule has 7 nitrogen and oxygen atoms in total. The molecule has 1 rings (SSSR count). The van der Waals surface area contributed by atoms with Crippen LogP contribution in [0.5, 0.6) is 0 Å². The van der Waals surface area contributed by atoms with Crippen LogP contribution in [0.1, 0.15) is 36.7 Å². The van der Waals surface area contributed by atoms with Crippen LogP contribution in [0.4, 0.5) is 11.6 Å². The first-order valence-electron chi connectivity index (χ1n) is 7.34. The molecule has 5 N–H and O–H groups in total. The summed E-state index contributed by atoms with van der Waals surface area (Å²) in [5, 5.41) is 2.85. The van der Waals surface area contributed by atoms with E-state index in [1.807, 2.05) is 0 Å². The number of anilines is 2. The van der Waals surface area contributed by atoms with E-state index >= 15 is 0 Å². The molecular formula is C14H26ClN6O+. The highest BCUT2D eigenvalue weighted by Gasteiger charge is 2.25. The van der Waals surface area contributed by atoms with E-state index in [0.717, 1.165) is 23.7 Å². The Morgan fingerprint density at radius 3 is 2.45 bits per heavy atom. The molecule has 0 bridgehead atoms. The van der Waals surface area contributed by atoms with E-state index in [-0.39, 0.29) is 28.4 Å². The third-order valence-corrected chi connectivity index (χ3v) is 3.88. The summed E-state index contributed by atoms with van der Waals surface area (Å²) in [4.78, 5) is 20.0. The Labute approximate surface area is 136 Å². The predicted molar refractivity (Wildman–Crippen MR) is 89.5 cm³/mol. The molecule has 0 saturated heterocycles. The quantitative estimate of drug-likeness (QED) is 0.653. The Balaban J connectivity index is 2.77. The average molecular weight is 330 g/mol. The van der Waals surface area contributed by atoms with Crippen LogP contribution in [0.3, 0.4) is 0 Å². The lowest BCUT2D eigenvalue weighted by atomic mass is 10.1. The maximum Gasteiger partial charge on any atom is 0.274 e. The zero-order valence-electron chi connectivity index (χ0n) is 13.7. The number of carbonyl (C=O) groups excluding carboxylic acids is 1. The first-order chi connectivity index (χ1) is 10.2. The first kappa shape index (κ1) is 18.4. The lowest BCUT2D eigenvalue weighted by Gasteiger charge is -2.34. The van der Waals surface area contributed by atoms with Gasteiger partial charge in [0.15, 0.2) is 22.5 Å². The van der Waals surface area contributed by atoms with Gasteiger partial charge in [-0.15, -0.1) is 0 Å². The van der Waals surface area contributed by atoms with Crippen LogP contribution < -0.4 is 16.8 Å². The third-order valence-electron chi connectivity index (χ3n) is 3.60. The zero-order valence-corrected chi connectivity index (χ0v) is 14.4. The van der Waals surface area contributed by atoms with Gasteiger partial charge < -0.3 is 21.3 Å². The Bertz CT molecular complexity index is 529. The van der Waals surface area contributed by atoms with Crippen molar-refractivity contribution in [3.63, 3.8) is 0 Å². The van der Waals surface area contributed by atoms with Gasteiger partial charge in [-0.3, -0.25) is 4.79 Å². The third kappa shape index (κ3) is 4.99. The van der Waals surface area contributed by atoms with Crippen molar-refractivity contribution in [2.45, 2.75) is 32.2 Å². The first-order valence-corrected chi connectivity index (χ1v) is 7.72. The van der Waals surface area contributed by atoms with E-state index in [1.165, 1.54) is 0 Å². The predicted octanol–water partition coefficient (Wildman–Crippen LogP) is 1.29. The highest BCUT2D eigenvalue weighted by Crippen LogP contribution is 2.17. The minimum Gasteiger partial charge on any atom is -0.382 e. The van der Waals surface area contributed by atoms with Crippen molar-refractivity contribution < 1.29 is 9.28 Å². The maximum absolute atomic E-state index is 12.2. The number of carbonyl (C=O) groups is 1. The molecule has 1 aromatic rings. The van der Waals surface area contributed by atoms with Gasteiger partial charge >= 0.3 is 0 Å². The normalized spacial score (nSPS) is 13.0. The van der Waals surface area contributed by atoms with Gasteiger partial charge in [0, 0.05) is 6.42 Å². The molecule has 0 fully saturated rings. The fourth-order valence-corrected chi connectivity index (χ4v) is 2.23. The number of unbranched alkanes of at least 4 members (excludes halogenated alkanes) is 1. The van der Waals surface area contributed by atoms with Gasteiger partial charge in [-0.25, -0.2) is 9.97 Å². The Morgan fingerprint density at radius 1 is 1.27 bits per heavy atom. The van der Waals surface area contributed by atoms with Gasteiger partial charge in [-0.2, -0.15) is 0 Å². The second-order valence-corrected chi connectivity index (χ2v) is 6.61. The molecule has 124 valence electrons. The van der Waals surface area contributed by atoms with Gasteiger partial charge in [0.1, 0.15) is 6.04 Å². The van der Waals surface area contributed by atoms with Gasteiger partial charge in [0.05, 0.1) is 27.7 Å². The van der Waals surface area contributed by atoms with E-state index in [4.69, 9.17) is 23.1 Å². The van der Waals surface area contributed by atoms with Gasteiger partial charge in [-0.1, -0.05) is 24.9 Å². The van der Waals surface area contributed by atoms with Gasteiger partial charge in [0.25, 0.3) is 5.91 Å². The molecule has 0 saturated carbocycles. The summed E-state index contributed by atoms with van der Waals surface area (Å²) in [5.74, 6) is -0.389. The summed E-state index contributed by atoms with van der Waals surface area (Å²) in [6.07, 6.45) is 3.27. The summed E-state index contributed by atoms with van der Waals surface area (Å²) in [5.41, 5.74) is 11.2. The van der Waals surface area contributed by atoms with Crippen LogP contribution in [0, 0.1) is 0 Å². The number of likely N-dealkylation sites (N-methyl/N-ethyl adjacent to an activating group) is 1. The molecule has 0 unspecified atom stereocenters. The summed E-state index contributed by atoms with van der Waals surface area (Å²) >= 11 is 5.80. The molecule has 1 heterocycles. The minimum absolute atomic E-state index is 0.00912. The van der Waals surface area contributed by atoms with Crippen molar-refractivity contribution in [2.24, 2.45) is 0 Å². The van der Waals surface area contributed by atoms with E-state index in [1.54, 1.807) is 0 Å². The monoisotopic (exact) mass is 329 g/mol. The fraction of sp³-hybridized carbons (Fsp3) is 0.643. The largest absolute Gasteiger partial charge is 0.382 e. The number of nitrogens with zero attached hydrogens (tertiary/aromatic N) is 3. The Hall–Kier alpha value is -1.60. The smallest absolute Gasteiger partial charge is 0.274 e. The average Bonchev–Trinajstić information content (AvgIpc) is 2.41. The van der Waals surface area contributed by atoms with Crippen molar-refractivity contribution in [3.8, 4) is 0 Å². The molecule has 22 heavy (non-hydrogen) atoms. The number of nitrogen functional groups attached to an aromatic ring is 2. The van der Waals surface area contributed by atoms with Crippen LogP contribution in [0.25, 0.3) is 0 Å². The van der Waals surface area contributed by atoms with Crippen molar-refractivity contribution in [1.82, 2.24) is 15.3 Å². The van der Waals surface area contributed by atoms with E-state index < -0.39 is 0 Å². The summed E-state index contributed by atoms with van der Waals surface area (Å²) < 4.78 is 0.768. The Kier molecular flexibility index (Phi) is 6.37. The molecule has 0 spiro atoms. The zero-order chi connectivity index (χ0) is 16.9. The lowest BCUT2D eigenvalue weighted by Crippen LogP contribution is -2.51. The van der Waals surface area contributed by atoms with Crippen LogP contribution >= 0.6 is 11.6 Å². The molecule has 0 radical (unpaired) electrons. The van der Waals surface area contributed by atoms with Gasteiger partial charge in [0.2, 0.25) is 0 Å². The van der Waals surface area contributed by atoms with Crippen molar-refractivity contribution >= 4 is 29.1 Å². The van der Waals surface area contributed by atoms with Crippen LogP contribution in [-0.2, 0) is 0 Å². The number of quaternary nitrogens is 1. The molecule has 1 amide bonds. The standard InChI is InChI=1S/C14H25ClN6O/c1-5-6-7-9(21(2,3)4)8-18-14(22)10-12(16)20-13(17)11(15)19-10/h9H,5-8H2,1-4H3,(H4-,16,17,18,20,22)/p+1/t9-/m0/s1. The topological polar surface area (TPSA) is 107 Å². The second kappa shape index (κ2) is 7.60. The number of nitrogens with one attached hydrogen (secondary N) is 1. The highest BCUT2D eigenvalue weighted by molar-refractivity contribution is 6.31. The lowest BCUT2D eigenvalue weighted by molar-refractivity contribution is -0.895. The second-order valence-electron chi connectivity index (χ2n) is 6.26. The molecular weight excluding hydrogens is 304 g/mol. The number of hydrogen-bond donors (Lipinski definition) is 3. The molecule has 1 atom stereocenters.